The summed E-state index contributed by atoms with van der Waals surface area (Å²) < 4.78 is 2.03. The van der Waals surface area contributed by atoms with Crippen LogP contribution >= 0.6 is 0 Å². The highest BCUT2D eigenvalue weighted by molar-refractivity contribution is 5.77. The smallest absolute Gasteiger partial charge is 0.277 e. The van der Waals surface area contributed by atoms with Crippen LogP contribution in [0.1, 0.15) is 90.9 Å². The molecule has 1 aliphatic heterocycles. The normalized spacial score (nSPS) is 18.0. The maximum Gasteiger partial charge on any atom is 0.277 e. The zero-order chi connectivity index (χ0) is 21.6. The van der Waals surface area contributed by atoms with E-state index in [4.69, 9.17) is 0 Å². The summed E-state index contributed by atoms with van der Waals surface area (Å²) in [5.41, 5.74) is 0. The number of unbranched alkanes of at least 4 members (excludes halogenated alkanes) is 10. The van der Waals surface area contributed by atoms with Crippen molar-refractivity contribution in [2.75, 3.05) is 67.0 Å². The lowest BCUT2D eigenvalue weighted by atomic mass is 10.1. The van der Waals surface area contributed by atoms with E-state index in [-0.39, 0.29) is 0 Å². The van der Waals surface area contributed by atoms with Crippen LogP contribution in [0.4, 0.5) is 0 Å². The number of piperazine rings is 1. The van der Waals surface area contributed by atoms with E-state index >= 15 is 0 Å². The first kappa shape index (κ1) is 26.4. The van der Waals surface area contributed by atoms with Crippen molar-refractivity contribution in [3.63, 3.8) is 0 Å². The third-order valence-corrected chi connectivity index (χ3v) is 6.92. The van der Waals surface area contributed by atoms with Gasteiger partial charge in [0.2, 0.25) is 0 Å². The molecule has 1 rings (SSSR count). The van der Waals surface area contributed by atoms with Crippen LogP contribution in [0.5, 0.6) is 0 Å². The minimum Gasteiger partial charge on any atom is -0.338 e. The van der Waals surface area contributed by atoms with Crippen LogP contribution in [0.25, 0.3) is 0 Å². The molecular weight excluding hydrogens is 358 g/mol. The number of rotatable bonds is 16. The zero-order valence-electron chi connectivity index (χ0n) is 20.7. The molecule has 0 spiro atoms. The molecule has 1 amide bonds. The number of hydrogen-bond acceptors (Lipinski definition) is 1. The SMILES string of the molecule is CCCCCCCCN(CCCCCCCC)C(=O)C[N+]1(C)CC[N+](C)(C)CC1. The average Bonchev–Trinajstić information content (AvgIpc) is 2.68. The minimum atomic E-state index is 0.404. The molecule has 1 fully saturated rings. The van der Waals surface area contributed by atoms with Gasteiger partial charge in [0.15, 0.2) is 6.54 Å². The molecular formula is C25H53N3O+2. The molecule has 4 nitrogen and oxygen atoms in total. The molecule has 0 aromatic rings. The van der Waals surface area contributed by atoms with Crippen molar-refractivity contribution in [2.24, 2.45) is 0 Å². The van der Waals surface area contributed by atoms with Gasteiger partial charge in [-0.25, -0.2) is 0 Å². The summed E-state index contributed by atoms with van der Waals surface area (Å²) >= 11 is 0. The number of carbonyl (C=O) groups is 1. The molecule has 172 valence electrons. The molecule has 0 unspecified atom stereocenters. The lowest BCUT2D eigenvalue weighted by Crippen LogP contribution is -2.64. The van der Waals surface area contributed by atoms with E-state index in [9.17, 15) is 4.79 Å². The van der Waals surface area contributed by atoms with Gasteiger partial charge in [0.05, 0.1) is 21.1 Å². The third-order valence-electron chi connectivity index (χ3n) is 6.92. The van der Waals surface area contributed by atoms with E-state index in [0.29, 0.717) is 12.5 Å². The van der Waals surface area contributed by atoms with Crippen molar-refractivity contribution in [3.05, 3.63) is 0 Å². The van der Waals surface area contributed by atoms with Gasteiger partial charge in [0, 0.05) is 13.1 Å². The van der Waals surface area contributed by atoms with E-state index in [1.54, 1.807) is 0 Å². The van der Waals surface area contributed by atoms with Crippen molar-refractivity contribution in [1.29, 1.82) is 0 Å². The molecule has 1 heterocycles. The second kappa shape index (κ2) is 14.4. The molecule has 0 radical (unpaired) electrons. The second-order valence-corrected chi connectivity index (χ2v) is 10.5. The van der Waals surface area contributed by atoms with E-state index < -0.39 is 0 Å². The van der Waals surface area contributed by atoms with Crippen molar-refractivity contribution < 1.29 is 13.8 Å². The van der Waals surface area contributed by atoms with Gasteiger partial charge in [0.1, 0.15) is 26.2 Å². The summed E-state index contributed by atoms with van der Waals surface area (Å²) in [5.74, 6) is 0.404. The van der Waals surface area contributed by atoms with Crippen LogP contribution in [0.3, 0.4) is 0 Å². The van der Waals surface area contributed by atoms with Crippen molar-refractivity contribution in [1.82, 2.24) is 4.90 Å². The lowest BCUT2D eigenvalue weighted by molar-refractivity contribution is -1.00. The van der Waals surface area contributed by atoms with E-state index in [2.05, 4.69) is 39.9 Å². The van der Waals surface area contributed by atoms with Gasteiger partial charge in [-0.05, 0) is 12.8 Å². The first-order valence-corrected chi connectivity index (χ1v) is 12.8. The van der Waals surface area contributed by atoms with E-state index in [1.807, 2.05) is 0 Å². The first-order chi connectivity index (χ1) is 13.8. The van der Waals surface area contributed by atoms with Crippen LogP contribution in [0.15, 0.2) is 0 Å². The topological polar surface area (TPSA) is 20.3 Å². The van der Waals surface area contributed by atoms with Gasteiger partial charge in [-0.1, -0.05) is 78.1 Å². The van der Waals surface area contributed by atoms with Crippen LogP contribution in [-0.4, -0.2) is 86.7 Å². The average molecular weight is 412 g/mol. The summed E-state index contributed by atoms with van der Waals surface area (Å²) in [6.45, 7) is 11.8. The quantitative estimate of drug-likeness (QED) is 0.256. The maximum absolute atomic E-state index is 13.2. The summed E-state index contributed by atoms with van der Waals surface area (Å²) in [5, 5.41) is 0. The van der Waals surface area contributed by atoms with Gasteiger partial charge >= 0.3 is 0 Å². The van der Waals surface area contributed by atoms with Gasteiger partial charge < -0.3 is 13.9 Å². The summed E-state index contributed by atoms with van der Waals surface area (Å²) in [7, 11) is 6.92. The van der Waals surface area contributed by atoms with Gasteiger partial charge in [0.25, 0.3) is 5.91 Å². The second-order valence-electron chi connectivity index (χ2n) is 10.5. The maximum atomic E-state index is 13.2. The molecule has 4 heteroatoms. The Hall–Kier alpha value is -0.610. The van der Waals surface area contributed by atoms with Gasteiger partial charge in [-0.2, -0.15) is 0 Å². The fourth-order valence-electron chi connectivity index (χ4n) is 4.36. The molecule has 0 aromatic heterocycles. The molecule has 1 aliphatic rings. The number of carbonyl (C=O) groups excluding carboxylic acids is 1. The largest absolute Gasteiger partial charge is 0.338 e. The number of likely N-dealkylation sites (N-methyl/N-ethyl adjacent to an activating group) is 2. The highest BCUT2D eigenvalue weighted by Crippen LogP contribution is 2.15. The minimum absolute atomic E-state index is 0.404. The highest BCUT2D eigenvalue weighted by Gasteiger charge is 2.36. The van der Waals surface area contributed by atoms with E-state index in [0.717, 1.165) is 35.1 Å². The fourth-order valence-corrected chi connectivity index (χ4v) is 4.36. The molecule has 29 heavy (non-hydrogen) atoms. The fraction of sp³-hybridized carbons (Fsp3) is 0.960. The molecule has 0 saturated carbocycles. The number of hydrogen-bond donors (Lipinski definition) is 0. The van der Waals surface area contributed by atoms with Crippen molar-refractivity contribution in [3.8, 4) is 0 Å². The molecule has 0 N–H and O–H groups in total. The van der Waals surface area contributed by atoms with Crippen molar-refractivity contribution >= 4 is 5.91 Å². The Morgan fingerprint density at radius 3 is 1.52 bits per heavy atom. The highest BCUT2D eigenvalue weighted by atomic mass is 16.2. The van der Waals surface area contributed by atoms with Crippen LogP contribution in [0, 0.1) is 0 Å². The molecule has 0 bridgehead atoms. The molecule has 1 saturated heterocycles. The van der Waals surface area contributed by atoms with Crippen LogP contribution in [0.2, 0.25) is 0 Å². The Morgan fingerprint density at radius 1 is 0.655 bits per heavy atom. The van der Waals surface area contributed by atoms with Crippen molar-refractivity contribution in [2.45, 2.75) is 90.9 Å². The molecule has 0 aromatic carbocycles. The Bertz CT molecular complexity index is 410. The lowest BCUT2D eigenvalue weighted by Gasteiger charge is -2.44. The van der Waals surface area contributed by atoms with Crippen LogP contribution < -0.4 is 0 Å². The first-order valence-electron chi connectivity index (χ1n) is 12.8. The standard InChI is InChI=1S/C25H53N3O/c1-6-8-10-12-14-16-18-26(19-17-15-13-11-9-7-2)25(29)24-28(5)22-20-27(3,4)21-23-28/h6-24H2,1-5H3/q+2. The Kier molecular flexibility index (Phi) is 13.1. The summed E-state index contributed by atoms with van der Waals surface area (Å²) in [4.78, 5) is 15.4. The predicted molar refractivity (Wildman–Crippen MR) is 126 cm³/mol. The molecule has 0 atom stereocenters. The third kappa shape index (κ3) is 12.0. The number of quaternary nitrogens is 2. The summed E-state index contributed by atoms with van der Waals surface area (Å²) in [6, 6.07) is 0. The summed E-state index contributed by atoms with van der Waals surface area (Å²) in [6.07, 6.45) is 15.6. The van der Waals surface area contributed by atoms with Crippen LogP contribution in [-0.2, 0) is 4.79 Å². The predicted octanol–water partition coefficient (Wildman–Crippen LogP) is 5.07. The van der Waals surface area contributed by atoms with Gasteiger partial charge in [-0.15, -0.1) is 0 Å². The zero-order valence-corrected chi connectivity index (χ0v) is 20.7. The number of nitrogens with zero attached hydrogens (tertiary/aromatic N) is 3. The Labute approximate surface area is 182 Å². The van der Waals surface area contributed by atoms with E-state index in [1.165, 1.54) is 90.1 Å². The Balaban J connectivity index is 2.46. The molecule has 0 aliphatic carbocycles. The monoisotopic (exact) mass is 411 g/mol. The Morgan fingerprint density at radius 2 is 1.07 bits per heavy atom. The van der Waals surface area contributed by atoms with Gasteiger partial charge in [-0.3, -0.25) is 4.79 Å². The number of amides is 1.